The molecule has 1 heterocycles. The second-order valence-electron chi connectivity index (χ2n) is 9.27. The van der Waals surface area contributed by atoms with Gasteiger partial charge in [0.25, 0.3) is 5.91 Å². The number of nitrogens with zero attached hydrogens (tertiary/aromatic N) is 1. The molecule has 1 aromatic carbocycles. The summed E-state index contributed by atoms with van der Waals surface area (Å²) in [4.78, 5) is 39.2. The third-order valence-corrected chi connectivity index (χ3v) is 5.11. The van der Waals surface area contributed by atoms with Gasteiger partial charge in [-0.25, -0.2) is 4.79 Å². The largest absolute Gasteiger partial charge is 0.444 e. The van der Waals surface area contributed by atoms with E-state index in [1.54, 1.807) is 32.9 Å². The number of rotatable bonds is 6. The van der Waals surface area contributed by atoms with Crippen molar-refractivity contribution in [3.05, 3.63) is 35.4 Å². The maximum absolute atomic E-state index is 12.8. The zero-order valence-corrected chi connectivity index (χ0v) is 19.0. The van der Waals surface area contributed by atoms with Gasteiger partial charge < -0.3 is 15.4 Å². The number of carbonyl (C=O) groups is 3. The van der Waals surface area contributed by atoms with Crippen molar-refractivity contribution in [1.82, 2.24) is 15.5 Å². The number of aryl methyl sites for hydroxylation is 1. The lowest BCUT2D eigenvalue weighted by molar-refractivity contribution is -0.125. The van der Waals surface area contributed by atoms with Gasteiger partial charge in [0.05, 0.1) is 0 Å². The van der Waals surface area contributed by atoms with E-state index in [-0.39, 0.29) is 23.8 Å². The van der Waals surface area contributed by atoms with Gasteiger partial charge in [0.1, 0.15) is 11.6 Å². The van der Waals surface area contributed by atoms with Gasteiger partial charge in [0.2, 0.25) is 5.91 Å². The predicted octanol–water partition coefficient (Wildman–Crippen LogP) is 3.27. The first kappa shape index (κ1) is 23.7. The van der Waals surface area contributed by atoms with Gasteiger partial charge >= 0.3 is 6.09 Å². The van der Waals surface area contributed by atoms with Crippen molar-refractivity contribution in [2.45, 2.75) is 72.1 Å². The molecule has 166 valence electrons. The van der Waals surface area contributed by atoms with Crippen LogP contribution in [0.1, 0.15) is 63.4 Å². The van der Waals surface area contributed by atoms with Crippen molar-refractivity contribution in [2.24, 2.45) is 5.92 Å². The van der Waals surface area contributed by atoms with Gasteiger partial charge in [-0.05, 0) is 58.6 Å². The molecule has 7 nitrogen and oxygen atoms in total. The van der Waals surface area contributed by atoms with Crippen molar-refractivity contribution < 1.29 is 19.1 Å². The van der Waals surface area contributed by atoms with E-state index in [2.05, 4.69) is 10.6 Å². The highest BCUT2D eigenvalue weighted by atomic mass is 16.6. The number of hydrogen-bond acceptors (Lipinski definition) is 4. The summed E-state index contributed by atoms with van der Waals surface area (Å²) in [6, 6.07) is 6.61. The number of amides is 3. The van der Waals surface area contributed by atoms with Crippen molar-refractivity contribution >= 4 is 17.9 Å². The molecule has 1 fully saturated rings. The molecule has 0 aromatic heterocycles. The lowest BCUT2D eigenvalue weighted by atomic mass is 10.0. The molecule has 1 aliphatic rings. The molecule has 0 radical (unpaired) electrons. The summed E-state index contributed by atoms with van der Waals surface area (Å²) in [7, 11) is 0. The molecule has 1 aromatic rings. The Labute approximate surface area is 179 Å². The quantitative estimate of drug-likeness (QED) is 0.744. The van der Waals surface area contributed by atoms with Crippen LogP contribution in [0.2, 0.25) is 0 Å². The Kier molecular flexibility index (Phi) is 7.87. The normalized spacial score (nSPS) is 17.6. The number of nitrogens with one attached hydrogen (secondary N) is 2. The third-order valence-electron chi connectivity index (χ3n) is 5.11. The fourth-order valence-electron chi connectivity index (χ4n) is 3.32. The summed E-state index contributed by atoms with van der Waals surface area (Å²) in [6.07, 6.45) is 0.899. The number of ether oxygens (including phenoxy) is 1. The third kappa shape index (κ3) is 6.75. The van der Waals surface area contributed by atoms with E-state index < -0.39 is 17.7 Å². The van der Waals surface area contributed by atoms with Crippen LogP contribution >= 0.6 is 0 Å². The zero-order chi connectivity index (χ0) is 22.5. The highest BCUT2D eigenvalue weighted by Gasteiger charge is 2.36. The topological polar surface area (TPSA) is 87.7 Å². The second-order valence-corrected chi connectivity index (χ2v) is 9.27. The van der Waals surface area contributed by atoms with Gasteiger partial charge in [-0.1, -0.05) is 31.5 Å². The van der Waals surface area contributed by atoms with Crippen LogP contribution in [0.3, 0.4) is 0 Å². The second kappa shape index (κ2) is 9.96. The number of hydrogen-bond donors (Lipinski definition) is 2. The highest BCUT2D eigenvalue weighted by molar-refractivity contribution is 5.94. The molecular weight excluding hydrogens is 382 g/mol. The van der Waals surface area contributed by atoms with Gasteiger partial charge in [-0.2, -0.15) is 0 Å². The molecule has 2 atom stereocenters. The van der Waals surface area contributed by atoms with E-state index in [1.807, 2.05) is 32.9 Å². The van der Waals surface area contributed by atoms with E-state index in [4.69, 9.17) is 4.74 Å². The molecule has 7 heteroatoms. The highest BCUT2D eigenvalue weighted by Crippen LogP contribution is 2.21. The first-order valence-corrected chi connectivity index (χ1v) is 10.6. The Hall–Kier alpha value is -2.57. The summed E-state index contributed by atoms with van der Waals surface area (Å²) >= 11 is 0. The average molecular weight is 418 g/mol. The van der Waals surface area contributed by atoms with E-state index >= 15 is 0 Å². The van der Waals surface area contributed by atoms with Crippen LogP contribution in [0.25, 0.3) is 0 Å². The Morgan fingerprint density at radius 2 is 1.80 bits per heavy atom. The van der Waals surface area contributed by atoms with E-state index in [0.29, 0.717) is 25.1 Å². The average Bonchev–Trinajstić information content (AvgIpc) is 3.13. The van der Waals surface area contributed by atoms with Crippen molar-refractivity contribution in [3.63, 3.8) is 0 Å². The summed E-state index contributed by atoms with van der Waals surface area (Å²) < 4.78 is 5.43. The number of carbonyl (C=O) groups excluding carboxylic acids is 3. The summed E-state index contributed by atoms with van der Waals surface area (Å²) in [6.45, 7) is 12.2. The van der Waals surface area contributed by atoms with Crippen LogP contribution in [0.4, 0.5) is 4.79 Å². The molecule has 2 N–H and O–H groups in total. The predicted molar refractivity (Wildman–Crippen MR) is 116 cm³/mol. The molecule has 0 bridgehead atoms. The minimum absolute atomic E-state index is 0.130. The first-order valence-electron chi connectivity index (χ1n) is 10.6. The van der Waals surface area contributed by atoms with Crippen molar-refractivity contribution in [1.29, 1.82) is 0 Å². The number of benzene rings is 1. The summed E-state index contributed by atoms with van der Waals surface area (Å²) in [5, 5.41) is 5.92. The van der Waals surface area contributed by atoms with Gasteiger partial charge in [-0.3, -0.25) is 14.5 Å². The Morgan fingerprint density at radius 3 is 2.37 bits per heavy atom. The monoisotopic (exact) mass is 417 g/mol. The van der Waals surface area contributed by atoms with Crippen LogP contribution < -0.4 is 10.6 Å². The van der Waals surface area contributed by atoms with Crippen molar-refractivity contribution in [3.8, 4) is 0 Å². The fraction of sp³-hybridized carbons (Fsp3) is 0.609. The first-order chi connectivity index (χ1) is 14.0. The van der Waals surface area contributed by atoms with Gasteiger partial charge in [-0.15, -0.1) is 0 Å². The van der Waals surface area contributed by atoms with Gasteiger partial charge in [0, 0.05) is 24.7 Å². The van der Waals surface area contributed by atoms with E-state index in [0.717, 1.165) is 12.0 Å². The molecule has 1 saturated heterocycles. The molecule has 0 spiro atoms. The Bertz CT molecular complexity index is 753. The molecular formula is C23H35N3O4. The molecule has 0 aliphatic carbocycles. The molecule has 0 saturated carbocycles. The standard InChI is InChI=1S/C23H35N3O4/c1-15(2)18(25-20(27)17-11-9-16(3)10-12-17)14-24-21(28)19-8-7-13-26(19)22(29)30-23(4,5)6/h9-12,15,18-19H,7-8,13-14H2,1-6H3,(H,24,28)(H,25,27)/t18-,19+/m1/s1. The van der Waals surface area contributed by atoms with Crippen LogP contribution in [0.15, 0.2) is 24.3 Å². The zero-order valence-electron chi connectivity index (χ0n) is 19.0. The SMILES string of the molecule is Cc1ccc(C(=O)N[C@H](CNC(=O)[C@@H]2CCCN2C(=O)OC(C)(C)C)C(C)C)cc1. The number of likely N-dealkylation sites (tertiary alicyclic amines) is 1. The molecule has 1 aliphatic heterocycles. The molecule has 30 heavy (non-hydrogen) atoms. The van der Waals surface area contributed by atoms with E-state index in [9.17, 15) is 14.4 Å². The van der Waals surface area contributed by atoms with Crippen LogP contribution in [-0.2, 0) is 9.53 Å². The lowest BCUT2D eigenvalue weighted by Gasteiger charge is -2.29. The lowest BCUT2D eigenvalue weighted by Crippen LogP contribution is -2.52. The molecule has 2 rings (SSSR count). The Balaban J connectivity index is 1.95. The van der Waals surface area contributed by atoms with Crippen molar-refractivity contribution in [2.75, 3.05) is 13.1 Å². The van der Waals surface area contributed by atoms with Crippen LogP contribution in [0.5, 0.6) is 0 Å². The van der Waals surface area contributed by atoms with Gasteiger partial charge in [0.15, 0.2) is 0 Å². The molecule has 3 amide bonds. The molecule has 0 unspecified atom stereocenters. The van der Waals surface area contributed by atoms with E-state index in [1.165, 1.54) is 4.90 Å². The van der Waals surface area contributed by atoms with Crippen LogP contribution in [-0.4, -0.2) is 53.6 Å². The smallest absolute Gasteiger partial charge is 0.410 e. The maximum Gasteiger partial charge on any atom is 0.410 e. The summed E-state index contributed by atoms with van der Waals surface area (Å²) in [5.74, 6) is -0.252. The minimum atomic E-state index is -0.607. The minimum Gasteiger partial charge on any atom is -0.444 e. The maximum atomic E-state index is 12.8. The Morgan fingerprint density at radius 1 is 1.17 bits per heavy atom. The van der Waals surface area contributed by atoms with Crippen LogP contribution in [0, 0.1) is 12.8 Å². The fourth-order valence-corrected chi connectivity index (χ4v) is 3.32. The summed E-state index contributed by atoms with van der Waals surface area (Å²) in [5.41, 5.74) is 1.07.